The first-order valence-corrected chi connectivity index (χ1v) is 14.9. The van der Waals surface area contributed by atoms with Gasteiger partial charge in [0.15, 0.2) is 4.80 Å². The minimum atomic E-state index is -0.647. The molecule has 0 aliphatic carbocycles. The summed E-state index contributed by atoms with van der Waals surface area (Å²) in [5, 5.41) is 6.88. The second-order valence-electron chi connectivity index (χ2n) is 10.1. The van der Waals surface area contributed by atoms with Gasteiger partial charge >= 0.3 is 5.97 Å². The van der Waals surface area contributed by atoms with Crippen molar-refractivity contribution in [3.63, 3.8) is 0 Å². The topological polar surface area (TPSA) is 78.5 Å². The summed E-state index contributed by atoms with van der Waals surface area (Å²) in [4.78, 5) is 33.3. The molecule has 0 spiro atoms. The third-order valence-electron chi connectivity index (χ3n) is 7.15. The minimum Gasteiger partial charge on any atom is -0.466 e. The van der Waals surface area contributed by atoms with Crippen LogP contribution in [0.1, 0.15) is 49.4 Å². The Morgan fingerprint density at radius 3 is 2.46 bits per heavy atom. The number of fused-ring (bicyclic) bond motifs is 1. The van der Waals surface area contributed by atoms with E-state index >= 15 is 0 Å². The first-order valence-electron chi connectivity index (χ1n) is 13.3. The molecule has 206 valence electrons. The van der Waals surface area contributed by atoms with Gasteiger partial charge in [0, 0.05) is 11.8 Å². The molecule has 4 heterocycles. The number of nitrogens with zero attached hydrogens (tertiary/aromatic N) is 4. The third kappa shape index (κ3) is 4.92. The van der Waals surface area contributed by atoms with Crippen molar-refractivity contribution < 1.29 is 9.53 Å². The number of thiophene rings is 1. The van der Waals surface area contributed by atoms with Gasteiger partial charge in [-0.1, -0.05) is 73.7 Å². The number of allylic oxidation sites excluding steroid dienone is 1. The summed E-state index contributed by atoms with van der Waals surface area (Å²) in [5.41, 5.74) is 5.23. The number of para-hydroxylation sites is 1. The Morgan fingerprint density at radius 1 is 1.05 bits per heavy atom. The van der Waals surface area contributed by atoms with Crippen LogP contribution in [0.4, 0.5) is 0 Å². The summed E-state index contributed by atoms with van der Waals surface area (Å²) in [6.45, 7) is 6.05. The van der Waals surface area contributed by atoms with Crippen LogP contribution in [0.2, 0.25) is 0 Å². The van der Waals surface area contributed by atoms with Crippen molar-refractivity contribution in [2.45, 2.75) is 32.7 Å². The highest BCUT2D eigenvalue weighted by Gasteiger charge is 2.33. The average molecular weight is 581 g/mol. The fraction of sp³-hybridized carbons (Fsp3) is 0.188. The summed E-state index contributed by atoms with van der Waals surface area (Å²) in [7, 11) is 1.35. The van der Waals surface area contributed by atoms with Gasteiger partial charge in [-0.15, -0.1) is 11.3 Å². The van der Waals surface area contributed by atoms with E-state index in [0.29, 0.717) is 26.5 Å². The highest BCUT2D eigenvalue weighted by atomic mass is 32.1. The summed E-state index contributed by atoms with van der Waals surface area (Å²) in [6.07, 6.45) is 3.82. The predicted molar refractivity (Wildman–Crippen MR) is 163 cm³/mol. The Labute approximate surface area is 245 Å². The van der Waals surface area contributed by atoms with E-state index in [1.807, 2.05) is 89.1 Å². The van der Waals surface area contributed by atoms with Crippen molar-refractivity contribution in [3.8, 4) is 16.3 Å². The number of ether oxygens (including phenoxy) is 1. The van der Waals surface area contributed by atoms with Gasteiger partial charge in [-0.3, -0.25) is 9.36 Å². The molecule has 41 heavy (non-hydrogen) atoms. The smallest absolute Gasteiger partial charge is 0.338 e. The highest BCUT2D eigenvalue weighted by molar-refractivity contribution is 7.13. The summed E-state index contributed by atoms with van der Waals surface area (Å²) < 4.78 is 9.11. The highest BCUT2D eigenvalue weighted by Crippen LogP contribution is 2.32. The van der Waals surface area contributed by atoms with Crippen molar-refractivity contribution >= 4 is 34.7 Å². The van der Waals surface area contributed by atoms with E-state index in [2.05, 4.69) is 18.8 Å². The van der Waals surface area contributed by atoms with E-state index in [0.717, 1.165) is 27.4 Å². The number of aromatic nitrogens is 3. The van der Waals surface area contributed by atoms with E-state index in [1.54, 1.807) is 22.8 Å². The Balaban J connectivity index is 1.54. The van der Waals surface area contributed by atoms with E-state index in [-0.39, 0.29) is 5.56 Å². The van der Waals surface area contributed by atoms with E-state index < -0.39 is 12.0 Å². The molecule has 6 rings (SSSR count). The first-order chi connectivity index (χ1) is 19.9. The number of hydrogen-bond acceptors (Lipinski definition) is 7. The molecule has 0 amide bonds. The number of hydrogen-bond donors (Lipinski definition) is 0. The molecule has 0 N–H and O–H groups in total. The molecule has 7 nitrogen and oxygen atoms in total. The second kappa shape index (κ2) is 10.9. The lowest BCUT2D eigenvalue weighted by molar-refractivity contribution is -0.136. The SMILES string of the molecule is COC(=O)C1=C(C)N=c2s/c(=C/c3cn(-c4ccccc4)nc3-c3cccs3)c(=O)n2C1c1ccc(C(C)C)cc1. The standard InChI is InChI=1S/C32H28N4O3S2/c1-19(2)21-12-14-22(15-13-21)29-27(31(38)39-4)20(3)33-32-36(29)30(37)26(41-32)17-23-18-35(24-9-6-5-7-10-24)34-28(23)25-11-8-16-40-25/h5-19,29H,1-4H3/b26-17+. The molecule has 9 heteroatoms. The maximum Gasteiger partial charge on any atom is 0.338 e. The van der Waals surface area contributed by atoms with Gasteiger partial charge in [0.05, 0.1) is 39.5 Å². The summed E-state index contributed by atoms with van der Waals surface area (Å²) >= 11 is 2.90. The zero-order valence-electron chi connectivity index (χ0n) is 23.1. The van der Waals surface area contributed by atoms with Crippen LogP contribution in [0.25, 0.3) is 22.3 Å². The molecular weight excluding hydrogens is 553 g/mol. The van der Waals surface area contributed by atoms with Crippen molar-refractivity contribution in [1.29, 1.82) is 0 Å². The van der Waals surface area contributed by atoms with Crippen LogP contribution in [-0.4, -0.2) is 27.4 Å². The molecule has 0 fully saturated rings. The van der Waals surface area contributed by atoms with Crippen LogP contribution in [0, 0.1) is 0 Å². The maximum absolute atomic E-state index is 14.1. The lowest BCUT2D eigenvalue weighted by atomic mass is 9.93. The van der Waals surface area contributed by atoms with Crippen LogP contribution >= 0.6 is 22.7 Å². The minimum absolute atomic E-state index is 0.217. The van der Waals surface area contributed by atoms with Crippen molar-refractivity contribution in [1.82, 2.24) is 14.3 Å². The number of rotatable bonds is 6. The van der Waals surface area contributed by atoms with Gasteiger partial charge in [-0.25, -0.2) is 14.5 Å². The fourth-order valence-electron chi connectivity index (χ4n) is 5.02. The quantitative estimate of drug-likeness (QED) is 0.251. The van der Waals surface area contributed by atoms with Gasteiger partial charge in [-0.2, -0.15) is 5.10 Å². The van der Waals surface area contributed by atoms with E-state index in [4.69, 9.17) is 9.84 Å². The molecule has 1 aliphatic rings. The number of carbonyl (C=O) groups excluding carboxylic acids is 1. The fourth-order valence-corrected chi connectivity index (χ4v) is 6.79. The van der Waals surface area contributed by atoms with E-state index in [1.165, 1.54) is 24.0 Å². The van der Waals surface area contributed by atoms with Gasteiger partial charge in [0.1, 0.15) is 5.69 Å². The Bertz CT molecular complexity index is 1950. The molecule has 1 atom stereocenters. The van der Waals surface area contributed by atoms with Crippen LogP contribution in [0.15, 0.2) is 99.4 Å². The Kier molecular flexibility index (Phi) is 7.15. The second-order valence-corrected chi connectivity index (χ2v) is 12.0. The molecular formula is C32H28N4O3S2. The molecule has 0 saturated heterocycles. The zero-order valence-corrected chi connectivity index (χ0v) is 24.7. The van der Waals surface area contributed by atoms with Gasteiger partial charge in [-0.05, 0) is 53.6 Å². The number of benzene rings is 2. The molecule has 0 saturated carbocycles. The average Bonchev–Trinajstić information content (AvgIpc) is 3.72. The summed E-state index contributed by atoms with van der Waals surface area (Å²) in [6, 6.07) is 21.3. The predicted octanol–water partition coefficient (Wildman–Crippen LogP) is 5.45. The largest absolute Gasteiger partial charge is 0.466 e. The first kappa shape index (κ1) is 26.9. The normalized spacial score (nSPS) is 15.2. The molecule has 2 aromatic carbocycles. The molecule has 0 bridgehead atoms. The van der Waals surface area contributed by atoms with Crippen LogP contribution < -0.4 is 14.9 Å². The molecule has 0 radical (unpaired) electrons. The zero-order chi connectivity index (χ0) is 28.7. The van der Waals surface area contributed by atoms with Gasteiger partial charge < -0.3 is 4.74 Å². The number of methoxy groups -OCH3 is 1. The van der Waals surface area contributed by atoms with Gasteiger partial charge in [0.2, 0.25) is 0 Å². The van der Waals surface area contributed by atoms with Crippen molar-refractivity contribution in [2.24, 2.45) is 4.99 Å². The monoisotopic (exact) mass is 580 g/mol. The van der Waals surface area contributed by atoms with Gasteiger partial charge in [0.25, 0.3) is 5.56 Å². The van der Waals surface area contributed by atoms with Crippen molar-refractivity contribution in [2.75, 3.05) is 7.11 Å². The molecule has 3 aromatic heterocycles. The number of carbonyl (C=O) groups is 1. The van der Waals surface area contributed by atoms with Crippen LogP contribution in [0.3, 0.4) is 0 Å². The lowest BCUT2D eigenvalue weighted by Crippen LogP contribution is -2.39. The number of thiazole rings is 1. The Morgan fingerprint density at radius 2 is 1.80 bits per heavy atom. The number of esters is 1. The lowest BCUT2D eigenvalue weighted by Gasteiger charge is -2.24. The van der Waals surface area contributed by atoms with Crippen molar-refractivity contribution in [3.05, 3.63) is 126 Å². The van der Waals surface area contributed by atoms with Crippen LogP contribution in [0.5, 0.6) is 0 Å². The Hall–Kier alpha value is -4.34. The van der Waals surface area contributed by atoms with E-state index in [9.17, 15) is 9.59 Å². The molecule has 1 unspecified atom stereocenters. The maximum atomic E-state index is 14.1. The van der Waals surface area contributed by atoms with Crippen LogP contribution in [-0.2, 0) is 9.53 Å². The molecule has 1 aliphatic heterocycles. The summed E-state index contributed by atoms with van der Waals surface area (Å²) in [5.74, 6) is -0.139. The molecule has 5 aromatic rings. The third-order valence-corrected chi connectivity index (χ3v) is 9.01.